The molecule has 1 aliphatic heterocycles. The Morgan fingerprint density at radius 1 is 1.21 bits per heavy atom. The zero-order valence-corrected chi connectivity index (χ0v) is 19.0. The summed E-state index contributed by atoms with van der Waals surface area (Å²) in [6.07, 6.45) is 8.28. The number of carbonyl (C=O) groups is 2. The van der Waals surface area contributed by atoms with E-state index in [-0.39, 0.29) is 24.6 Å². The number of aromatic nitrogens is 3. The van der Waals surface area contributed by atoms with Crippen LogP contribution in [-0.4, -0.2) is 63.8 Å². The summed E-state index contributed by atoms with van der Waals surface area (Å²) in [6.45, 7) is 3.70. The first kappa shape index (κ1) is 22.7. The van der Waals surface area contributed by atoms with Gasteiger partial charge in [-0.05, 0) is 30.7 Å². The summed E-state index contributed by atoms with van der Waals surface area (Å²) >= 11 is 1.15. The van der Waals surface area contributed by atoms with E-state index in [9.17, 15) is 14.4 Å². The van der Waals surface area contributed by atoms with Gasteiger partial charge in [0.25, 0.3) is 5.56 Å². The van der Waals surface area contributed by atoms with Gasteiger partial charge < -0.3 is 18.9 Å². The number of hydrogen-bond donors (Lipinski definition) is 0. The molecular weight excluding hydrogens is 444 g/mol. The van der Waals surface area contributed by atoms with Crippen molar-refractivity contribution in [3.05, 3.63) is 68.1 Å². The van der Waals surface area contributed by atoms with Crippen LogP contribution in [0.15, 0.2) is 47.8 Å². The second kappa shape index (κ2) is 10.4. The van der Waals surface area contributed by atoms with Gasteiger partial charge in [-0.3, -0.25) is 14.2 Å². The van der Waals surface area contributed by atoms with Crippen LogP contribution in [0, 0.1) is 0 Å². The van der Waals surface area contributed by atoms with E-state index in [1.54, 1.807) is 30.4 Å². The number of esters is 1. The number of morpholine rings is 1. The Labute approximate surface area is 193 Å². The zero-order valence-electron chi connectivity index (χ0n) is 18.2. The summed E-state index contributed by atoms with van der Waals surface area (Å²) < 4.78 is 14.3. The number of thiazole rings is 1. The van der Waals surface area contributed by atoms with E-state index in [1.807, 2.05) is 35.0 Å². The molecular formula is C23H24N4O5S. The molecule has 0 N–H and O–H groups in total. The molecule has 0 unspecified atom stereocenters. The molecule has 3 heterocycles. The number of carbonyl (C=O) groups excluding carboxylic acids is 2. The maximum atomic E-state index is 13.2. The Balaban J connectivity index is 1.69. The van der Waals surface area contributed by atoms with Crippen molar-refractivity contribution < 1.29 is 19.1 Å². The first-order chi connectivity index (χ1) is 16.0. The Morgan fingerprint density at radius 3 is 2.64 bits per heavy atom. The number of nitrogens with zero attached hydrogens (tertiary/aromatic N) is 4. The minimum Gasteiger partial charge on any atom is -0.463 e. The first-order valence-electron chi connectivity index (χ1n) is 10.6. The number of benzene rings is 1. The van der Waals surface area contributed by atoms with Gasteiger partial charge in [0.15, 0.2) is 0 Å². The van der Waals surface area contributed by atoms with Crippen molar-refractivity contribution in [3.8, 4) is 5.69 Å². The normalized spacial score (nSPS) is 15.1. The van der Waals surface area contributed by atoms with E-state index in [1.165, 1.54) is 10.6 Å². The van der Waals surface area contributed by atoms with Gasteiger partial charge in [-0.1, -0.05) is 12.1 Å². The quantitative estimate of drug-likeness (QED) is 0.477. The van der Waals surface area contributed by atoms with E-state index in [2.05, 4.69) is 4.98 Å². The second-order valence-electron chi connectivity index (χ2n) is 7.29. The van der Waals surface area contributed by atoms with Crippen LogP contribution in [0.5, 0.6) is 0 Å². The fourth-order valence-corrected chi connectivity index (χ4v) is 4.46. The number of imidazole rings is 1. The lowest BCUT2D eigenvalue weighted by Gasteiger charge is -2.26. The smallest absolute Gasteiger partial charge is 0.333 e. The van der Waals surface area contributed by atoms with Gasteiger partial charge in [0.05, 0.1) is 36.8 Å². The van der Waals surface area contributed by atoms with Crippen LogP contribution in [0.4, 0.5) is 0 Å². The summed E-state index contributed by atoms with van der Waals surface area (Å²) in [5.74, 6) is -0.740. The highest BCUT2D eigenvalue weighted by Gasteiger charge is 2.19. The molecule has 1 aliphatic rings. The fraction of sp³-hybridized carbons (Fsp3) is 0.304. The molecule has 3 aromatic rings. The molecule has 33 heavy (non-hydrogen) atoms. The average molecular weight is 469 g/mol. The van der Waals surface area contributed by atoms with Crippen LogP contribution in [0.1, 0.15) is 12.5 Å². The number of hydrogen-bond acceptors (Lipinski definition) is 7. The largest absolute Gasteiger partial charge is 0.463 e. The molecule has 1 amide bonds. The monoisotopic (exact) mass is 468 g/mol. The van der Waals surface area contributed by atoms with Gasteiger partial charge in [0, 0.05) is 31.2 Å². The number of amides is 1. The Hall–Kier alpha value is -3.50. The lowest BCUT2D eigenvalue weighted by atomic mass is 10.2. The molecule has 10 heteroatoms. The molecule has 2 aromatic heterocycles. The zero-order chi connectivity index (χ0) is 23.2. The highest BCUT2D eigenvalue weighted by molar-refractivity contribution is 7.07. The lowest BCUT2D eigenvalue weighted by Crippen LogP contribution is -2.45. The van der Waals surface area contributed by atoms with Crippen molar-refractivity contribution in [2.45, 2.75) is 13.5 Å². The van der Waals surface area contributed by atoms with Crippen LogP contribution >= 0.6 is 11.3 Å². The summed E-state index contributed by atoms with van der Waals surface area (Å²) in [7, 11) is 0. The van der Waals surface area contributed by atoms with Crippen molar-refractivity contribution in [1.82, 2.24) is 19.0 Å². The molecule has 1 aromatic carbocycles. The molecule has 0 atom stereocenters. The van der Waals surface area contributed by atoms with Crippen LogP contribution in [0.3, 0.4) is 0 Å². The molecule has 0 saturated carbocycles. The summed E-state index contributed by atoms with van der Waals surface area (Å²) in [5, 5.41) is 0. The van der Waals surface area contributed by atoms with Crippen LogP contribution in [-0.2, 0) is 25.6 Å². The van der Waals surface area contributed by atoms with E-state index in [0.717, 1.165) is 22.6 Å². The third-order valence-electron chi connectivity index (χ3n) is 5.11. The topological polar surface area (TPSA) is 95.7 Å². The Morgan fingerprint density at radius 2 is 1.97 bits per heavy atom. The minimum atomic E-state index is -0.553. The Bertz CT molecular complexity index is 1290. The fourth-order valence-electron chi connectivity index (χ4n) is 3.43. The average Bonchev–Trinajstić information content (AvgIpc) is 3.45. The van der Waals surface area contributed by atoms with E-state index >= 15 is 0 Å². The molecule has 0 aliphatic carbocycles. The highest BCUT2D eigenvalue weighted by Crippen LogP contribution is 2.09. The lowest BCUT2D eigenvalue weighted by molar-refractivity contribution is -0.136. The van der Waals surface area contributed by atoms with Crippen LogP contribution in [0.25, 0.3) is 17.8 Å². The van der Waals surface area contributed by atoms with Crippen molar-refractivity contribution in [1.29, 1.82) is 0 Å². The molecule has 172 valence electrons. The van der Waals surface area contributed by atoms with Crippen LogP contribution < -0.4 is 14.8 Å². The molecule has 9 nitrogen and oxygen atoms in total. The minimum absolute atomic E-state index is 0.145. The van der Waals surface area contributed by atoms with Gasteiger partial charge in [0.2, 0.25) is 5.91 Å². The number of ether oxygens (including phenoxy) is 2. The van der Waals surface area contributed by atoms with E-state index < -0.39 is 5.97 Å². The van der Waals surface area contributed by atoms with E-state index in [4.69, 9.17) is 9.47 Å². The number of rotatable bonds is 6. The highest BCUT2D eigenvalue weighted by atomic mass is 32.1. The predicted molar refractivity (Wildman–Crippen MR) is 123 cm³/mol. The molecule has 0 bridgehead atoms. The maximum absolute atomic E-state index is 13.2. The molecule has 1 saturated heterocycles. The van der Waals surface area contributed by atoms with Gasteiger partial charge in [-0.25, -0.2) is 9.78 Å². The predicted octanol–water partition coefficient (Wildman–Crippen LogP) is 0.127. The SMILES string of the molecule is CCOC(=O)/C=c1\s/c(=C/c2ccc(-n3ccnc3)cc2)c(=O)n1CC(=O)N1CCOCC1. The van der Waals surface area contributed by atoms with Crippen molar-refractivity contribution in [2.24, 2.45) is 0 Å². The first-order valence-corrected chi connectivity index (χ1v) is 11.4. The van der Waals surface area contributed by atoms with Crippen molar-refractivity contribution in [3.63, 3.8) is 0 Å². The summed E-state index contributed by atoms with van der Waals surface area (Å²) in [6, 6.07) is 7.64. The van der Waals surface area contributed by atoms with Crippen LogP contribution in [0.2, 0.25) is 0 Å². The second-order valence-corrected chi connectivity index (χ2v) is 8.35. The van der Waals surface area contributed by atoms with Gasteiger partial charge in [-0.15, -0.1) is 11.3 Å². The maximum Gasteiger partial charge on any atom is 0.333 e. The van der Waals surface area contributed by atoms with Crippen molar-refractivity contribution in [2.75, 3.05) is 32.9 Å². The summed E-state index contributed by atoms with van der Waals surface area (Å²) in [5.41, 5.74) is 1.45. The standard InChI is InChI=1S/C23H24N4O5S/c1-2-32-22(29)14-21-27(15-20(28)25-9-11-31-12-10-25)23(30)19(33-21)13-17-3-5-18(6-4-17)26-8-7-24-16-26/h3-8,13-14,16H,2,9-12,15H2,1H3/b19-13+,21-14-. The third kappa shape index (κ3) is 5.47. The summed E-state index contributed by atoms with van der Waals surface area (Å²) in [4.78, 5) is 43.7. The molecule has 1 fully saturated rings. The molecule has 0 spiro atoms. The van der Waals surface area contributed by atoms with Crippen molar-refractivity contribution >= 4 is 35.4 Å². The van der Waals surface area contributed by atoms with Gasteiger partial charge in [-0.2, -0.15) is 0 Å². The van der Waals surface area contributed by atoms with Gasteiger partial charge >= 0.3 is 5.97 Å². The van der Waals surface area contributed by atoms with E-state index in [0.29, 0.717) is 35.5 Å². The molecule has 4 rings (SSSR count). The Kier molecular flexibility index (Phi) is 7.16. The molecule has 0 radical (unpaired) electrons. The third-order valence-corrected chi connectivity index (χ3v) is 6.17. The van der Waals surface area contributed by atoms with Gasteiger partial charge in [0.1, 0.15) is 11.2 Å².